The molecule has 0 saturated carbocycles. The van der Waals surface area contributed by atoms with Crippen LogP contribution in [0.1, 0.15) is 27.6 Å². The number of benzene rings is 1. The number of carbonyl (C=O) groups excluding carboxylic acids is 1. The lowest BCUT2D eigenvalue weighted by atomic mass is 9.96. The topological polar surface area (TPSA) is 106 Å². The lowest BCUT2D eigenvalue weighted by Gasteiger charge is -2.19. The van der Waals surface area contributed by atoms with E-state index in [4.69, 9.17) is 5.53 Å². The van der Waals surface area contributed by atoms with Crippen LogP contribution in [0.15, 0.2) is 23.3 Å². The zero-order chi connectivity index (χ0) is 15.3. The van der Waals surface area contributed by atoms with E-state index in [0.29, 0.717) is 12.1 Å². The van der Waals surface area contributed by atoms with Gasteiger partial charge in [-0.2, -0.15) is 13.2 Å². The molecule has 0 radical (unpaired) electrons. The van der Waals surface area contributed by atoms with Crippen LogP contribution in [0.3, 0.4) is 0 Å². The summed E-state index contributed by atoms with van der Waals surface area (Å²) in [5.41, 5.74) is 6.45. The SMILES string of the molecule is [N-]=[N+]=NCC(O)C(O)c1cc(C(F)(F)F)ccc1C=O. The number of nitrogens with zero attached hydrogens (tertiary/aromatic N) is 3. The average molecular weight is 289 g/mol. The van der Waals surface area contributed by atoms with Crippen molar-refractivity contribution in [1.82, 2.24) is 0 Å². The Hall–Kier alpha value is -2.09. The number of rotatable bonds is 5. The normalized spacial score (nSPS) is 14.2. The van der Waals surface area contributed by atoms with Gasteiger partial charge in [0.2, 0.25) is 0 Å². The van der Waals surface area contributed by atoms with E-state index in [2.05, 4.69) is 10.0 Å². The fraction of sp³-hybridized carbons (Fsp3) is 0.364. The van der Waals surface area contributed by atoms with Gasteiger partial charge < -0.3 is 10.2 Å². The Kier molecular flexibility index (Phi) is 5.09. The number of alkyl halides is 3. The maximum Gasteiger partial charge on any atom is 0.416 e. The first-order chi connectivity index (χ1) is 9.31. The van der Waals surface area contributed by atoms with E-state index in [1.807, 2.05) is 0 Å². The second-order valence-corrected chi connectivity index (χ2v) is 3.88. The summed E-state index contributed by atoms with van der Waals surface area (Å²) < 4.78 is 37.7. The summed E-state index contributed by atoms with van der Waals surface area (Å²) in [5.74, 6) is 0. The summed E-state index contributed by atoms with van der Waals surface area (Å²) in [4.78, 5) is 13.1. The van der Waals surface area contributed by atoms with Crippen LogP contribution in [0, 0.1) is 0 Å². The molecule has 0 spiro atoms. The second kappa shape index (κ2) is 6.38. The minimum Gasteiger partial charge on any atom is -0.390 e. The van der Waals surface area contributed by atoms with E-state index in [0.717, 1.165) is 6.07 Å². The van der Waals surface area contributed by atoms with Gasteiger partial charge in [-0.05, 0) is 23.2 Å². The summed E-state index contributed by atoms with van der Waals surface area (Å²) in [6, 6.07) is 2.17. The third kappa shape index (κ3) is 3.70. The maximum absolute atomic E-state index is 12.6. The highest BCUT2D eigenvalue weighted by molar-refractivity contribution is 5.77. The summed E-state index contributed by atoms with van der Waals surface area (Å²) in [6.45, 7) is -0.536. The van der Waals surface area contributed by atoms with Gasteiger partial charge in [0.05, 0.1) is 18.2 Å². The van der Waals surface area contributed by atoms with E-state index < -0.39 is 30.5 Å². The molecule has 108 valence electrons. The Morgan fingerprint density at radius 2 is 2.05 bits per heavy atom. The zero-order valence-corrected chi connectivity index (χ0v) is 9.95. The lowest BCUT2D eigenvalue weighted by molar-refractivity contribution is -0.137. The third-order valence-electron chi connectivity index (χ3n) is 2.56. The van der Waals surface area contributed by atoms with Crippen LogP contribution in [0.2, 0.25) is 0 Å². The molecule has 9 heteroatoms. The summed E-state index contributed by atoms with van der Waals surface area (Å²) in [7, 11) is 0. The second-order valence-electron chi connectivity index (χ2n) is 3.88. The molecule has 1 rings (SSSR count). The predicted octanol–water partition coefficient (Wildman–Crippen LogP) is 2.22. The van der Waals surface area contributed by atoms with Crippen LogP contribution in [0.4, 0.5) is 13.2 Å². The van der Waals surface area contributed by atoms with Gasteiger partial charge in [0.15, 0.2) is 0 Å². The van der Waals surface area contributed by atoms with E-state index >= 15 is 0 Å². The van der Waals surface area contributed by atoms with Crippen LogP contribution in [-0.2, 0) is 6.18 Å². The Bertz CT molecular complexity index is 541. The summed E-state index contributed by atoms with van der Waals surface area (Å²) >= 11 is 0. The number of aldehydes is 1. The highest BCUT2D eigenvalue weighted by Crippen LogP contribution is 2.32. The fourth-order valence-electron chi connectivity index (χ4n) is 1.54. The van der Waals surface area contributed by atoms with Gasteiger partial charge in [-0.1, -0.05) is 11.2 Å². The Balaban J connectivity index is 3.19. The average Bonchev–Trinajstić information content (AvgIpc) is 2.42. The zero-order valence-electron chi connectivity index (χ0n) is 9.95. The molecule has 0 aliphatic rings. The molecule has 0 bridgehead atoms. The van der Waals surface area contributed by atoms with Crippen molar-refractivity contribution < 1.29 is 28.2 Å². The number of aliphatic hydroxyl groups is 2. The number of hydrogen-bond acceptors (Lipinski definition) is 4. The minimum absolute atomic E-state index is 0.189. The maximum atomic E-state index is 12.6. The molecular formula is C11H10F3N3O3. The van der Waals surface area contributed by atoms with Crippen molar-refractivity contribution in [3.63, 3.8) is 0 Å². The van der Waals surface area contributed by atoms with Crippen molar-refractivity contribution in [2.75, 3.05) is 6.54 Å². The molecule has 0 saturated heterocycles. The van der Waals surface area contributed by atoms with Crippen molar-refractivity contribution in [3.05, 3.63) is 45.3 Å². The van der Waals surface area contributed by atoms with Gasteiger partial charge in [0.25, 0.3) is 0 Å². The van der Waals surface area contributed by atoms with E-state index in [1.54, 1.807) is 0 Å². The number of carbonyl (C=O) groups is 1. The van der Waals surface area contributed by atoms with Crippen molar-refractivity contribution in [2.24, 2.45) is 5.11 Å². The first kappa shape index (κ1) is 16.0. The van der Waals surface area contributed by atoms with Gasteiger partial charge in [-0.25, -0.2) is 0 Å². The van der Waals surface area contributed by atoms with Gasteiger partial charge >= 0.3 is 6.18 Å². The van der Waals surface area contributed by atoms with Crippen molar-refractivity contribution in [1.29, 1.82) is 0 Å². The first-order valence-electron chi connectivity index (χ1n) is 5.34. The van der Waals surface area contributed by atoms with Gasteiger partial charge in [-0.15, -0.1) is 0 Å². The number of azide groups is 1. The number of halogens is 3. The fourth-order valence-corrected chi connectivity index (χ4v) is 1.54. The van der Waals surface area contributed by atoms with E-state index in [1.165, 1.54) is 0 Å². The molecule has 20 heavy (non-hydrogen) atoms. The molecule has 2 unspecified atom stereocenters. The van der Waals surface area contributed by atoms with Crippen LogP contribution in [-0.4, -0.2) is 29.1 Å². The van der Waals surface area contributed by atoms with Gasteiger partial charge in [0.1, 0.15) is 12.4 Å². The quantitative estimate of drug-likeness (QED) is 0.375. The molecule has 1 aromatic carbocycles. The predicted molar refractivity (Wildman–Crippen MR) is 61.8 cm³/mol. The number of hydrogen-bond donors (Lipinski definition) is 2. The highest BCUT2D eigenvalue weighted by Gasteiger charge is 2.32. The molecule has 1 aromatic rings. The molecule has 0 fully saturated rings. The largest absolute Gasteiger partial charge is 0.416 e. The van der Waals surface area contributed by atoms with E-state index in [-0.39, 0.29) is 17.4 Å². The van der Waals surface area contributed by atoms with Crippen LogP contribution in [0.5, 0.6) is 0 Å². The molecule has 2 atom stereocenters. The first-order valence-corrected chi connectivity index (χ1v) is 5.34. The standard InChI is InChI=1S/C11H10F3N3O3/c12-11(13,14)7-2-1-6(5-18)8(3-7)10(20)9(19)4-16-17-15/h1-3,5,9-10,19-20H,4H2. The smallest absolute Gasteiger partial charge is 0.390 e. The molecule has 6 nitrogen and oxygen atoms in total. The van der Waals surface area contributed by atoms with E-state index in [9.17, 15) is 28.2 Å². The molecule has 0 heterocycles. The summed E-state index contributed by atoms with van der Waals surface area (Å²) in [6.07, 6.45) is -7.78. The molecule has 0 aliphatic carbocycles. The van der Waals surface area contributed by atoms with Crippen molar-refractivity contribution >= 4 is 6.29 Å². The van der Waals surface area contributed by atoms with Crippen molar-refractivity contribution in [3.8, 4) is 0 Å². The molecule has 0 aliphatic heterocycles. The van der Waals surface area contributed by atoms with Crippen molar-refractivity contribution in [2.45, 2.75) is 18.4 Å². The minimum atomic E-state index is -4.65. The highest BCUT2D eigenvalue weighted by atomic mass is 19.4. The molecule has 0 aromatic heterocycles. The van der Waals surface area contributed by atoms with Crippen LogP contribution < -0.4 is 0 Å². The van der Waals surface area contributed by atoms with Crippen LogP contribution in [0.25, 0.3) is 10.4 Å². The molecular weight excluding hydrogens is 279 g/mol. The Morgan fingerprint density at radius 3 is 2.55 bits per heavy atom. The van der Waals surface area contributed by atoms with Gasteiger partial charge in [0, 0.05) is 10.5 Å². The van der Waals surface area contributed by atoms with Gasteiger partial charge in [-0.3, -0.25) is 4.79 Å². The lowest BCUT2D eigenvalue weighted by Crippen LogP contribution is -2.23. The summed E-state index contributed by atoms with van der Waals surface area (Å²) in [5, 5.41) is 22.3. The number of aliphatic hydroxyl groups excluding tert-OH is 2. The Morgan fingerprint density at radius 1 is 1.40 bits per heavy atom. The monoisotopic (exact) mass is 289 g/mol. The molecule has 2 N–H and O–H groups in total. The Labute approximate surface area is 111 Å². The third-order valence-corrected chi connectivity index (χ3v) is 2.56. The molecule has 0 amide bonds. The van der Waals surface area contributed by atoms with Crippen LogP contribution >= 0.6 is 0 Å².